The lowest BCUT2D eigenvalue weighted by Gasteiger charge is -2.15. The zero-order chi connectivity index (χ0) is 13.6. The van der Waals surface area contributed by atoms with Gasteiger partial charge in [0.2, 0.25) is 0 Å². The van der Waals surface area contributed by atoms with Gasteiger partial charge in [-0.15, -0.1) is 11.6 Å². The van der Waals surface area contributed by atoms with Gasteiger partial charge >= 0.3 is 0 Å². The van der Waals surface area contributed by atoms with E-state index in [-0.39, 0.29) is 0 Å². The zero-order valence-corrected chi connectivity index (χ0v) is 12.0. The van der Waals surface area contributed by atoms with Crippen LogP contribution in [-0.4, -0.2) is 24.6 Å². The second-order valence-corrected chi connectivity index (χ2v) is 5.56. The molecule has 1 aliphatic heterocycles. The number of aryl methyl sites for hydroxylation is 1. The number of fused-ring (bicyclic) bond motifs is 3. The van der Waals surface area contributed by atoms with Crippen LogP contribution in [-0.2, 0) is 6.42 Å². The molecule has 0 spiro atoms. The molecule has 3 rings (SSSR count). The van der Waals surface area contributed by atoms with E-state index in [1.807, 2.05) is 18.2 Å². The van der Waals surface area contributed by atoms with Crippen molar-refractivity contribution in [3.05, 3.63) is 35.4 Å². The van der Waals surface area contributed by atoms with Crippen molar-refractivity contribution >= 4 is 28.1 Å². The quantitative estimate of drug-likeness (QED) is 0.841. The summed E-state index contributed by atoms with van der Waals surface area (Å²) < 4.78 is 0. The van der Waals surface area contributed by atoms with Crippen LogP contribution in [0.3, 0.4) is 0 Å². The smallest absolute Gasteiger partial charge is 0.125 e. The molecule has 2 aromatic carbocycles. The Morgan fingerprint density at radius 2 is 2.21 bits per heavy atom. The Morgan fingerprint density at radius 1 is 1.42 bits per heavy atom. The summed E-state index contributed by atoms with van der Waals surface area (Å²) in [7, 11) is 2.06. The number of likely N-dealkylation sites (N-methyl/N-ethyl adjacent to an activating group) is 1. The van der Waals surface area contributed by atoms with E-state index in [9.17, 15) is 5.11 Å². The van der Waals surface area contributed by atoms with Gasteiger partial charge in [-0.05, 0) is 22.9 Å². The van der Waals surface area contributed by atoms with E-state index in [1.165, 1.54) is 16.5 Å². The second-order valence-electron chi connectivity index (χ2n) is 5.25. The number of anilines is 1. The van der Waals surface area contributed by atoms with Crippen molar-refractivity contribution in [3.8, 4) is 5.75 Å². The third kappa shape index (κ3) is 1.78. The average molecular weight is 276 g/mol. The number of hydrogen-bond donors (Lipinski definition) is 1. The number of halogens is 1. The molecule has 0 bridgehead atoms. The second kappa shape index (κ2) is 4.61. The fourth-order valence-corrected chi connectivity index (χ4v) is 3.47. The maximum absolute atomic E-state index is 10.3. The highest BCUT2D eigenvalue weighted by Crippen LogP contribution is 2.45. The van der Waals surface area contributed by atoms with E-state index in [1.54, 1.807) is 0 Å². The van der Waals surface area contributed by atoms with Crippen LogP contribution in [0.4, 0.5) is 5.69 Å². The third-order valence-electron chi connectivity index (χ3n) is 4.13. The number of phenolic OH excluding ortho intramolecular Hbond substituents is 1. The maximum Gasteiger partial charge on any atom is 0.125 e. The number of nitrogens with zero attached hydrogens (tertiary/aromatic N) is 1. The lowest BCUT2D eigenvalue weighted by atomic mass is 9.91. The van der Waals surface area contributed by atoms with E-state index in [0.717, 1.165) is 24.0 Å². The summed E-state index contributed by atoms with van der Waals surface area (Å²) in [6.45, 7) is 3.08. The van der Waals surface area contributed by atoms with Crippen LogP contribution in [0, 0.1) is 0 Å². The van der Waals surface area contributed by atoms with Gasteiger partial charge in [0, 0.05) is 42.5 Å². The number of benzene rings is 2. The van der Waals surface area contributed by atoms with E-state index in [2.05, 4.69) is 24.9 Å². The molecule has 1 heterocycles. The van der Waals surface area contributed by atoms with Gasteiger partial charge in [-0.3, -0.25) is 0 Å². The lowest BCUT2D eigenvalue weighted by molar-refractivity contribution is 0.481. The molecular formula is C16H18ClNO. The molecule has 0 aliphatic carbocycles. The molecule has 2 nitrogen and oxygen atoms in total. The maximum atomic E-state index is 10.3. The minimum absolute atomic E-state index is 0.345. The molecule has 0 fully saturated rings. The number of phenols is 1. The molecule has 0 radical (unpaired) electrons. The predicted octanol–water partition coefficient (Wildman–Crippen LogP) is 3.88. The molecular weight excluding hydrogens is 258 g/mol. The van der Waals surface area contributed by atoms with E-state index in [4.69, 9.17) is 11.6 Å². The first-order valence-corrected chi connectivity index (χ1v) is 7.25. The number of alkyl halides is 1. The normalized spacial score (nSPS) is 18.1. The van der Waals surface area contributed by atoms with Crippen molar-refractivity contribution in [2.24, 2.45) is 0 Å². The van der Waals surface area contributed by atoms with E-state index >= 15 is 0 Å². The van der Waals surface area contributed by atoms with Crippen molar-refractivity contribution < 1.29 is 5.11 Å². The summed E-state index contributed by atoms with van der Waals surface area (Å²) in [5.41, 5.74) is 3.72. The van der Waals surface area contributed by atoms with Crippen molar-refractivity contribution in [1.82, 2.24) is 0 Å². The highest BCUT2D eigenvalue weighted by atomic mass is 35.5. The van der Waals surface area contributed by atoms with E-state index < -0.39 is 0 Å². The van der Waals surface area contributed by atoms with E-state index in [0.29, 0.717) is 17.5 Å². The average Bonchev–Trinajstić information content (AvgIpc) is 2.75. The molecule has 1 aliphatic rings. The summed E-state index contributed by atoms with van der Waals surface area (Å²) in [5.74, 6) is 1.33. The molecule has 3 heteroatoms. The largest absolute Gasteiger partial charge is 0.507 e. The van der Waals surface area contributed by atoms with Crippen LogP contribution >= 0.6 is 11.6 Å². The molecule has 19 heavy (non-hydrogen) atoms. The molecule has 2 aromatic rings. The van der Waals surface area contributed by atoms with Crippen LogP contribution in [0.5, 0.6) is 5.75 Å². The van der Waals surface area contributed by atoms with Crippen molar-refractivity contribution in [2.45, 2.75) is 19.3 Å². The molecule has 0 saturated heterocycles. The standard InChI is InChI=1S/C16H18ClNO/c1-3-10-5-4-6-12-14(19)7-13-16(15(10)12)11(8-17)9-18(13)2/h4-7,11,19H,3,8-9H2,1-2H3/t11-/m1/s1. The van der Waals surface area contributed by atoms with Crippen LogP contribution in [0.15, 0.2) is 24.3 Å². The number of rotatable bonds is 2. The van der Waals surface area contributed by atoms with Crippen molar-refractivity contribution in [1.29, 1.82) is 0 Å². The van der Waals surface area contributed by atoms with Crippen LogP contribution in [0.25, 0.3) is 10.8 Å². The van der Waals surface area contributed by atoms with Gasteiger partial charge in [-0.25, -0.2) is 0 Å². The summed E-state index contributed by atoms with van der Waals surface area (Å²) >= 11 is 6.15. The molecule has 100 valence electrons. The Morgan fingerprint density at radius 3 is 2.89 bits per heavy atom. The van der Waals surface area contributed by atoms with Gasteiger partial charge in [-0.2, -0.15) is 0 Å². The molecule has 0 unspecified atom stereocenters. The Kier molecular flexibility index (Phi) is 3.06. The highest BCUT2D eigenvalue weighted by Gasteiger charge is 2.29. The molecule has 0 aromatic heterocycles. The van der Waals surface area contributed by atoms with Gasteiger partial charge in [0.25, 0.3) is 0 Å². The zero-order valence-electron chi connectivity index (χ0n) is 11.3. The Bertz CT molecular complexity index is 638. The Balaban J connectivity index is 2.43. The predicted molar refractivity (Wildman–Crippen MR) is 81.7 cm³/mol. The first-order valence-electron chi connectivity index (χ1n) is 6.72. The molecule has 0 amide bonds. The Labute approximate surface area is 118 Å². The first kappa shape index (κ1) is 12.6. The Hall–Kier alpha value is -1.41. The summed E-state index contributed by atoms with van der Waals surface area (Å²) in [6, 6.07) is 8.03. The minimum atomic E-state index is 0.345. The first-order chi connectivity index (χ1) is 9.17. The minimum Gasteiger partial charge on any atom is -0.507 e. The molecule has 0 saturated carbocycles. The summed E-state index contributed by atoms with van der Waals surface area (Å²) in [4.78, 5) is 2.19. The molecule has 1 N–H and O–H groups in total. The van der Waals surface area contributed by atoms with Crippen LogP contribution in [0.2, 0.25) is 0 Å². The topological polar surface area (TPSA) is 23.5 Å². The van der Waals surface area contributed by atoms with Crippen LogP contribution < -0.4 is 4.90 Å². The fraction of sp³-hybridized carbons (Fsp3) is 0.375. The number of hydrogen-bond acceptors (Lipinski definition) is 2. The van der Waals surface area contributed by atoms with Gasteiger partial charge in [0.05, 0.1) is 0 Å². The van der Waals surface area contributed by atoms with Gasteiger partial charge < -0.3 is 10.0 Å². The monoisotopic (exact) mass is 275 g/mol. The van der Waals surface area contributed by atoms with Crippen molar-refractivity contribution in [2.75, 3.05) is 24.4 Å². The van der Waals surface area contributed by atoms with Crippen molar-refractivity contribution in [3.63, 3.8) is 0 Å². The fourth-order valence-electron chi connectivity index (χ4n) is 3.21. The van der Waals surface area contributed by atoms with Gasteiger partial charge in [0.15, 0.2) is 0 Å². The lowest BCUT2D eigenvalue weighted by Crippen LogP contribution is -2.15. The third-order valence-corrected chi connectivity index (χ3v) is 4.50. The number of aromatic hydroxyl groups is 1. The molecule has 1 atom stereocenters. The summed E-state index contributed by atoms with van der Waals surface area (Å²) in [6.07, 6.45) is 0.964. The van der Waals surface area contributed by atoms with Crippen LogP contribution in [0.1, 0.15) is 24.0 Å². The van der Waals surface area contributed by atoms with Gasteiger partial charge in [0.1, 0.15) is 5.75 Å². The SMILES string of the molecule is CCc1cccc2c(O)cc3c(c12)[C@H](CCl)CN3C. The summed E-state index contributed by atoms with van der Waals surface area (Å²) in [5, 5.41) is 12.4. The highest BCUT2D eigenvalue weighted by molar-refractivity contribution is 6.18. The van der Waals surface area contributed by atoms with Gasteiger partial charge in [-0.1, -0.05) is 25.1 Å².